The standard InChI is InChI=1S/C17H33N5O2/c1-6-18-17(19-9-7-15(23)20-13(4)5)21-14-8-10-22(11-14)16(24)12(2)3/h12-14H,6-11H2,1-5H3,(H,20,23)(H2,18,19,21). The highest BCUT2D eigenvalue weighted by molar-refractivity contribution is 5.82. The number of nitrogens with zero attached hydrogens (tertiary/aromatic N) is 2. The van der Waals surface area contributed by atoms with Gasteiger partial charge in [-0.2, -0.15) is 0 Å². The van der Waals surface area contributed by atoms with Crippen molar-refractivity contribution < 1.29 is 9.59 Å². The summed E-state index contributed by atoms with van der Waals surface area (Å²) in [5.41, 5.74) is 0. The molecule has 1 unspecified atom stereocenters. The average Bonchev–Trinajstić information content (AvgIpc) is 2.94. The average molecular weight is 339 g/mol. The van der Waals surface area contributed by atoms with Gasteiger partial charge in [0, 0.05) is 44.1 Å². The fourth-order valence-corrected chi connectivity index (χ4v) is 2.62. The molecule has 0 saturated carbocycles. The maximum Gasteiger partial charge on any atom is 0.225 e. The number of amides is 2. The Hall–Kier alpha value is -1.79. The summed E-state index contributed by atoms with van der Waals surface area (Å²) in [5.74, 6) is 0.953. The van der Waals surface area contributed by atoms with Crippen molar-refractivity contribution in [1.82, 2.24) is 20.9 Å². The molecule has 1 aliphatic heterocycles. The van der Waals surface area contributed by atoms with Crippen molar-refractivity contribution >= 4 is 17.8 Å². The lowest BCUT2D eigenvalue weighted by Crippen LogP contribution is -2.45. The Bertz CT molecular complexity index is 448. The van der Waals surface area contributed by atoms with Crippen LogP contribution in [0, 0.1) is 5.92 Å². The Labute approximate surface area is 145 Å². The van der Waals surface area contributed by atoms with Crippen LogP contribution in [-0.4, -0.2) is 60.9 Å². The summed E-state index contributed by atoms with van der Waals surface area (Å²) >= 11 is 0. The number of guanidine groups is 1. The van der Waals surface area contributed by atoms with Gasteiger partial charge >= 0.3 is 0 Å². The molecule has 0 aromatic rings. The molecule has 7 nitrogen and oxygen atoms in total. The number of rotatable bonds is 7. The molecule has 1 atom stereocenters. The van der Waals surface area contributed by atoms with Crippen LogP contribution in [0.3, 0.4) is 0 Å². The van der Waals surface area contributed by atoms with Crippen molar-refractivity contribution in [2.45, 2.75) is 59.5 Å². The van der Waals surface area contributed by atoms with Crippen LogP contribution in [0.15, 0.2) is 4.99 Å². The molecule has 1 aliphatic rings. The van der Waals surface area contributed by atoms with Crippen molar-refractivity contribution in [2.24, 2.45) is 10.9 Å². The molecule has 7 heteroatoms. The number of nitrogens with one attached hydrogen (secondary N) is 3. The molecule has 2 amide bonds. The van der Waals surface area contributed by atoms with Crippen LogP contribution in [-0.2, 0) is 9.59 Å². The molecule has 0 bridgehead atoms. The van der Waals surface area contributed by atoms with Gasteiger partial charge in [0.05, 0.1) is 6.54 Å². The highest BCUT2D eigenvalue weighted by Gasteiger charge is 2.27. The Balaban J connectivity index is 2.47. The molecule has 0 aromatic heterocycles. The zero-order valence-electron chi connectivity index (χ0n) is 15.7. The van der Waals surface area contributed by atoms with Crippen LogP contribution in [0.25, 0.3) is 0 Å². The van der Waals surface area contributed by atoms with Crippen LogP contribution < -0.4 is 16.0 Å². The van der Waals surface area contributed by atoms with Gasteiger partial charge in [-0.1, -0.05) is 13.8 Å². The SMILES string of the molecule is CCNC(=NCCC(=O)NC(C)C)NC1CCN(C(=O)C(C)C)C1. The summed E-state index contributed by atoms with van der Waals surface area (Å²) in [5, 5.41) is 9.42. The van der Waals surface area contributed by atoms with E-state index in [-0.39, 0.29) is 29.8 Å². The monoisotopic (exact) mass is 339 g/mol. The second-order valence-corrected chi connectivity index (χ2v) is 6.80. The molecule has 0 aromatic carbocycles. The van der Waals surface area contributed by atoms with Gasteiger partial charge in [0.25, 0.3) is 0 Å². The fraction of sp³-hybridized carbons (Fsp3) is 0.824. The van der Waals surface area contributed by atoms with E-state index >= 15 is 0 Å². The lowest BCUT2D eigenvalue weighted by molar-refractivity contribution is -0.133. The van der Waals surface area contributed by atoms with Crippen LogP contribution in [0.5, 0.6) is 0 Å². The van der Waals surface area contributed by atoms with Crippen molar-refractivity contribution in [3.63, 3.8) is 0 Å². The maximum absolute atomic E-state index is 12.0. The topological polar surface area (TPSA) is 85.8 Å². The normalized spacial score (nSPS) is 18.2. The van der Waals surface area contributed by atoms with Crippen molar-refractivity contribution in [1.29, 1.82) is 0 Å². The van der Waals surface area contributed by atoms with Crippen LogP contribution in [0.2, 0.25) is 0 Å². The third kappa shape index (κ3) is 7.19. The van der Waals surface area contributed by atoms with Gasteiger partial charge in [0.1, 0.15) is 0 Å². The number of aliphatic imine (C=N–C) groups is 1. The van der Waals surface area contributed by atoms with E-state index in [2.05, 4.69) is 20.9 Å². The lowest BCUT2D eigenvalue weighted by atomic mass is 10.2. The van der Waals surface area contributed by atoms with Crippen LogP contribution in [0.1, 0.15) is 47.5 Å². The Morgan fingerprint density at radius 2 is 1.96 bits per heavy atom. The molecule has 1 rings (SSSR count). The van der Waals surface area contributed by atoms with E-state index in [0.717, 1.165) is 19.5 Å². The van der Waals surface area contributed by atoms with E-state index in [0.29, 0.717) is 25.5 Å². The number of carbonyl (C=O) groups is 2. The van der Waals surface area contributed by atoms with Crippen LogP contribution in [0.4, 0.5) is 0 Å². The third-order valence-electron chi connectivity index (χ3n) is 3.74. The molecular formula is C17H33N5O2. The Morgan fingerprint density at radius 3 is 2.54 bits per heavy atom. The third-order valence-corrected chi connectivity index (χ3v) is 3.74. The van der Waals surface area contributed by atoms with Crippen molar-refractivity contribution in [2.75, 3.05) is 26.2 Å². The number of hydrogen-bond acceptors (Lipinski definition) is 3. The summed E-state index contributed by atoms with van der Waals surface area (Å²) in [7, 11) is 0. The largest absolute Gasteiger partial charge is 0.357 e. The molecule has 0 radical (unpaired) electrons. The smallest absolute Gasteiger partial charge is 0.225 e. The molecule has 138 valence electrons. The highest BCUT2D eigenvalue weighted by atomic mass is 16.2. The number of likely N-dealkylation sites (tertiary alicyclic amines) is 1. The summed E-state index contributed by atoms with van der Waals surface area (Å²) < 4.78 is 0. The molecule has 0 spiro atoms. The molecule has 1 fully saturated rings. The Kier molecular flexibility index (Phi) is 8.57. The first-order valence-electron chi connectivity index (χ1n) is 8.96. The second kappa shape index (κ2) is 10.2. The van der Waals surface area contributed by atoms with Crippen molar-refractivity contribution in [3.05, 3.63) is 0 Å². The van der Waals surface area contributed by atoms with E-state index < -0.39 is 0 Å². The minimum atomic E-state index is 0.0131. The van der Waals surface area contributed by atoms with Gasteiger partial charge in [0.2, 0.25) is 11.8 Å². The first kappa shape index (κ1) is 20.3. The predicted octanol–water partition coefficient (Wildman–Crippen LogP) is 0.713. The number of hydrogen-bond donors (Lipinski definition) is 3. The Morgan fingerprint density at radius 1 is 1.25 bits per heavy atom. The molecular weight excluding hydrogens is 306 g/mol. The van der Waals surface area contributed by atoms with E-state index in [9.17, 15) is 9.59 Å². The minimum absolute atomic E-state index is 0.0131. The van der Waals surface area contributed by atoms with E-state index in [1.165, 1.54) is 0 Å². The van der Waals surface area contributed by atoms with Gasteiger partial charge < -0.3 is 20.9 Å². The molecule has 1 heterocycles. The van der Waals surface area contributed by atoms with Gasteiger partial charge in [0.15, 0.2) is 5.96 Å². The van der Waals surface area contributed by atoms with Gasteiger partial charge in [-0.05, 0) is 27.2 Å². The van der Waals surface area contributed by atoms with Gasteiger partial charge in [-0.3, -0.25) is 14.6 Å². The fourth-order valence-electron chi connectivity index (χ4n) is 2.62. The van der Waals surface area contributed by atoms with E-state index in [4.69, 9.17) is 0 Å². The summed E-state index contributed by atoms with van der Waals surface area (Å²) in [6.45, 7) is 12.4. The molecule has 24 heavy (non-hydrogen) atoms. The van der Waals surface area contributed by atoms with Gasteiger partial charge in [-0.15, -0.1) is 0 Å². The van der Waals surface area contributed by atoms with Crippen molar-refractivity contribution in [3.8, 4) is 0 Å². The second-order valence-electron chi connectivity index (χ2n) is 6.80. The lowest BCUT2D eigenvalue weighted by Gasteiger charge is -2.20. The summed E-state index contributed by atoms with van der Waals surface area (Å²) in [4.78, 5) is 30.1. The highest BCUT2D eigenvalue weighted by Crippen LogP contribution is 2.12. The van der Waals surface area contributed by atoms with E-state index in [1.807, 2.05) is 39.5 Å². The predicted molar refractivity (Wildman–Crippen MR) is 96.8 cm³/mol. The first-order valence-corrected chi connectivity index (χ1v) is 8.96. The number of carbonyl (C=O) groups excluding carboxylic acids is 2. The zero-order valence-corrected chi connectivity index (χ0v) is 15.7. The molecule has 0 aliphatic carbocycles. The van der Waals surface area contributed by atoms with Gasteiger partial charge in [-0.25, -0.2) is 0 Å². The first-order chi connectivity index (χ1) is 11.3. The van der Waals surface area contributed by atoms with Crippen LogP contribution >= 0.6 is 0 Å². The quantitative estimate of drug-likeness (QED) is 0.471. The zero-order chi connectivity index (χ0) is 18.1. The summed E-state index contributed by atoms with van der Waals surface area (Å²) in [6, 6.07) is 0.353. The summed E-state index contributed by atoms with van der Waals surface area (Å²) in [6.07, 6.45) is 1.29. The minimum Gasteiger partial charge on any atom is -0.357 e. The van der Waals surface area contributed by atoms with E-state index in [1.54, 1.807) is 0 Å². The maximum atomic E-state index is 12.0. The molecule has 1 saturated heterocycles. The molecule has 3 N–H and O–H groups in total.